The van der Waals surface area contributed by atoms with E-state index < -0.39 is 6.10 Å². The molecular weight excluding hydrogens is 270 g/mol. The summed E-state index contributed by atoms with van der Waals surface area (Å²) < 4.78 is 11.0. The number of nitrogens with one attached hydrogen (secondary N) is 1. The highest BCUT2D eigenvalue weighted by molar-refractivity contribution is 5.95. The summed E-state index contributed by atoms with van der Waals surface area (Å²) in [7, 11) is 1.51. The van der Waals surface area contributed by atoms with E-state index in [1.807, 2.05) is 30.3 Å². The lowest BCUT2D eigenvalue weighted by molar-refractivity contribution is -0.117. The second-order valence-corrected chi connectivity index (χ2v) is 4.79. The zero-order valence-electron chi connectivity index (χ0n) is 11.5. The maximum atomic E-state index is 12.0. The standard InChI is InChI=1S/C16H15NO4/c1-20-11-7-12(18)16-14(8-11)21-13(9-15(19)17-16)10-5-3-2-4-6-10/h2-8,13,18H,9H2,1H3,(H,17,19)/t13-/m0/s1. The summed E-state index contributed by atoms with van der Waals surface area (Å²) in [4.78, 5) is 12.0. The van der Waals surface area contributed by atoms with Crippen LogP contribution in [-0.2, 0) is 4.79 Å². The average Bonchev–Trinajstić information content (AvgIpc) is 2.67. The molecule has 2 N–H and O–H groups in total. The molecule has 1 heterocycles. The minimum absolute atomic E-state index is 0.0774. The Kier molecular flexibility index (Phi) is 3.39. The summed E-state index contributed by atoms with van der Waals surface area (Å²) in [6.07, 6.45) is -0.223. The van der Waals surface area contributed by atoms with Gasteiger partial charge in [-0.1, -0.05) is 30.3 Å². The van der Waals surface area contributed by atoms with E-state index in [2.05, 4.69) is 5.32 Å². The van der Waals surface area contributed by atoms with Gasteiger partial charge in [0.15, 0.2) is 5.75 Å². The second-order valence-electron chi connectivity index (χ2n) is 4.79. The van der Waals surface area contributed by atoms with Gasteiger partial charge in [0.2, 0.25) is 5.91 Å². The van der Waals surface area contributed by atoms with Gasteiger partial charge in [-0.2, -0.15) is 0 Å². The highest BCUT2D eigenvalue weighted by Crippen LogP contribution is 2.42. The van der Waals surface area contributed by atoms with Gasteiger partial charge in [-0.25, -0.2) is 0 Å². The molecule has 3 rings (SSSR count). The summed E-state index contributed by atoms with van der Waals surface area (Å²) in [6, 6.07) is 12.6. The molecule has 0 fully saturated rings. The number of amides is 1. The predicted molar refractivity (Wildman–Crippen MR) is 77.7 cm³/mol. The van der Waals surface area contributed by atoms with Gasteiger partial charge in [0.05, 0.1) is 13.5 Å². The number of ether oxygens (including phenoxy) is 2. The largest absolute Gasteiger partial charge is 0.505 e. The average molecular weight is 285 g/mol. The van der Waals surface area contributed by atoms with Crippen molar-refractivity contribution in [3.05, 3.63) is 48.0 Å². The molecule has 0 spiro atoms. The van der Waals surface area contributed by atoms with Crippen molar-refractivity contribution < 1.29 is 19.4 Å². The van der Waals surface area contributed by atoms with Crippen LogP contribution in [0, 0.1) is 0 Å². The molecule has 0 unspecified atom stereocenters. The van der Waals surface area contributed by atoms with Gasteiger partial charge < -0.3 is 19.9 Å². The fourth-order valence-electron chi connectivity index (χ4n) is 2.32. The number of carbonyl (C=O) groups is 1. The molecule has 5 heteroatoms. The number of anilines is 1. The minimum atomic E-state index is -0.404. The molecule has 0 saturated carbocycles. The quantitative estimate of drug-likeness (QED) is 0.833. The normalized spacial score (nSPS) is 17.2. The third kappa shape index (κ3) is 2.63. The molecule has 0 radical (unpaired) electrons. The molecule has 1 atom stereocenters. The number of hydrogen-bond donors (Lipinski definition) is 2. The van der Waals surface area contributed by atoms with Crippen molar-refractivity contribution in [3.63, 3.8) is 0 Å². The van der Waals surface area contributed by atoms with Crippen molar-refractivity contribution in [1.82, 2.24) is 0 Å². The lowest BCUT2D eigenvalue weighted by atomic mass is 10.1. The predicted octanol–water partition coefficient (Wildman–Crippen LogP) is 2.86. The molecule has 5 nitrogen and oxygen atoms in total. The number of hydrogen-bond acceptors (Lipinski definition) is 4. The number of methoxy groups -OCH3 is 1. The highest BCUT2D eigenvalue weighted by atomic mass is 16.5. The van der Waals surface area contributed by atoms with Crippen molar-refractivity contribution in [2.45, 2.75) is 12.5 Å². The van der Waals surface area contributed by atoms with E-state index in [0.717, 1.165) is 5.56 Å². The van der Waals surface area contributed by atoms with Gasteiger partial charge in [-0.05, 0) is 5.56 Å². The molecule has 108 valence electrons. The molecule has 0 aliphatic carbocycles. The van der Waals surface area contributed by atoms with Gasteiger partial charge in [0.1, 0.15) is 23.3 Å². The fraction of sp³-hybridized carbons (Fsp3) is 0.188. The molecule has 0 saturated heterocycles. The van der Waals surface area contributed by atoms with Crippen LogP contribution in [-0.4, -0.2) is 18.1 Å². The van der Waals surface area contributed by atoms with Crippen LogP contribution in [0.1, 0.15) is 18.1 Å². The number of carbonyl (C=O) groups excluding carboxylic acids is 1. The summed E-state index contributed by atoms with van der Waals surface area (Å²) >= 11 is 0. The number of phenolic OH excluding ortho intramolecular Hbond substituents is 1. The Labute approximate surface area is 122 Å². The maximum absolute atomic E-state index is 12.0. The second kappa shape index (κ2) is 5.36. The van der Waals surface area contributed by atoms with Crippen molar-refractivity contribution in [3.8, 4) is 17.2 Å². The Morgan fingerprint density at radius 2 is 2.05 bits per heavy atom. The third-order valence-electron chi connectivity index (χ3n) is 3.37. The molecule has 0 bridgehead atoms. The number of aromatic hydroxyl groups is 1. The molecule has 21 heavy (non-hydrogen) atoms. The molecule has 2 aromatic rings. The van der Waals surface area contributed by atoms with E-state index in [0.29, 0.717) is 11.5 Å². The van der Waals surface area contributed by atoms with Gasteiger partial charge in [-0.15, -0.1) is 0 Å². The van der Waals surface area contributed by atoms with Crippen LogP contribution in [0.15, 0.2) is 42.5 Å². The van der Waals surface area contributed by atoms with Crippen molar-refractivity contribution in [2.24, 2.45) is 0 Å². The summed E-state index contributed by atoms with van der Waals surface area (Å²) in [5.41, 5.74) is 1.18. The summed E-state index contributed by atoms with van der Waals surface area (Å²) in [5, 5.41) is 12.7. The first-order valence-electron chi connectivity index (χ1n) is 6.60. The van der Waals surface area contributed by atoms with Gasteiger partial charge in [-0.3, -0.25) is 4.79 Å². The van der Waals surface area contributed by atoms with E-state index in [9.17, 15) is 9.90 Å². The minimum Gasteiger partial charge on any atom is -0.505 e. The van der Waals surface area contributed by atoms with E-state index in [1.165, 1.54) is 13.2 Å². The molecular formula is C16H15NO4. The highest BCUT2D eigenvalue weighted by Gasteiger charge is 2.26. The van der Waals surface area contributed by atoms with Crippen LogP contribution in [0.4, 0.5) is 5.69 Å². The number of phenols is 1. The Balaban J connectivity index is 2.03. The van der Waals surface area contributed by atoms with Gasteiger partial charge >= 0.3 is 0 Å². The zero-order valence-corrected chi connectivity index (χ0v) is 11.5. The van der Waals surface area contributed by atoms with E-state index in [-0.39, 0.29) is 23.8 Å². The monoisotopic (exact) mass is 285 g/mol. The summed E-state index contributed by atoms with van der Waals surface area (Å²) in [6.45, 7) is 0. The first-order chi connectivity index (χ1) is 10.2. The van der Waals surface area contributed by atoms with E-state index in [4.69, 9.17) is 9.47 Å². The number of benzene rings is 2. The van der Waals surface area contributed by atoms with Crippen molar-refractivity contribution >= 4 is 11.6 Å². The van der Waals surface area contributed by atoms with Gasteiger partial charge in [0, 0.05) is 12.1 Å². The Morgan fingerprint density at radius 1 is 1.29 bits per heavy atom. The van der Waals surface area contributed by atoms with Crippen LogP contribution in [0.3, 0.4) is 0 Å². The van der Waals surface area contributed by atoms with Crippen LogP contribution in [0.25, 0.3) is 0 Å². The first-order valence-corrected chi connectivity index (χ1v) is 6.60. The molecule has 0 aromatic heterocycles. The maximum Gasteiger partial charge on any atom is 0.228 e. The topological polar surface area (TPSA) is 67.8 Å². The van der Waals surface area contributed by atoms with E-state index >= 15 is 0 Å². The fourth-order valence-corrected chi connectivity index (χ4v) is 2.32. The molecule has 1 amide bonds. The lowest BCUT2D eigenvalue weighted by Gasteiger charge is -2.17. The molecule has 1 aliphatic heterocycles. The summed E-state index contributed by atoms with van der Waals surface area (Å²) in [5.74, 6) is 0.579. The SMILES string of the molecule is COc1cc(O)c2c(c1)O[C@H](c1ccccc1)CC(=O)N2. The van der Waals surface area contributed by atoms with Crippen LogP contribution < -0.4 is 14.8 Å². The smallest absolute Gasteiger partial charge is 0.228 e. The van der Waals surface area contributed by atoms with Crippen molar-refractivity contribution in [1.29, 1.82) is 0 Å². The lowest BCUT2D eigenvalue weighted by Crippen LogP contribution is -2.14. The van der Waals surface area contributed by atoms with Crippen molar-refractivity contribution in [2.75, 3.05) is 12.4 Å². The van der Waals surface area contributed by atoms with E-state index in [1.54, 1.807) is 6.07 Å². The van der Waals surface area contributed by atoms with Crippen LogP contribution in [0.2, 0.25) is 0 Å². The Morgan fingerprint density at radius 3 is 2.76 bits per heavy atom. The third-order valence-corrected chi connectivity index (χ3v) is 3.37. The molecule has 2 aromatic carbocycles. The number of fused-ring (bicyclic) bond motifs is 1. The zero-order chi connectivity index (χ0) is 14.8. The first kappa shape index (κ1) is 13.3. The Bertz CT molecular complexity index is 669. The van der Waals surface area contributed by atoms with Gasteiger partial charge in [0.25, 0.3) is 0 Å². The van der Waals surface area contributed by atoms with Crippen LogP contribution >= 0.6 is 0 Å². The molecule has 1 aliphatic rings. The Hall–Kier alpha value is -2.69. The number of rotatable bonds is 2. The van der Waals surface area contributed by atoms with Crippen LogP contribution in [0.5, 0.6) is 17.2 Å².